The molecule has 0 N–H and O–H groups in total. The van der Waals surface area contributed by atoms with Gasteiger partial charge in [0.05, 0.1) is 0 Å². The number of hydrogen-bond donors (Lipinski definition) is 0. The number of nitrogens with zero attached hydrogens (tertiary/aromatic N) is 2. The van der Waals surface area contributed by atoms with E-state index in [-0.39, 0.29) is 11.0 Å². The minimum atomic E-state index is -4.67. The predicted octanol–water partition coefficient (Wildman–Crippen LogP) is 2.17. The predicted molar refractivity (Wildman–Crippen MR) is 37.9 cm³/mol. The van der Waals surface area contributed by atoms with Crippen molar-refractivity contribution in [3.8, 4) is 0 Å². The maximum atomic E-state index is 11.5. The summed E-state index contributed by atoms with van der Waals surface area (Å²) in [5.74, 6) is -0.107. The molecular formula is C6H4ClF3N2O. The van der Waals surface area contributed by atoms with E-state index >= 15 is 0 Å². The van der Waals surface area contributed by atoms with Crippen LogP contribution in [0.3, 0.4) is 0 Å². The summed E-state index contributed by atoms with van der Waals surface area (Å²) >= 11 is 5.41. The maximum Gasteiger partial charge on any atom is 0.522 e. The number of rotatable bonds is 2. The van der Waals surface area contributed by atoms with Gasteiger partial charge in [-0.15, -0.1) is 13.2 Å². The van der Waals surface area contributed by atoms with Gasteiger partial charge < -0.3 is 0 Å². The van der Waals surface area contributed by atoms with E-state index in [4.69, 9.17) is 11.6 Å². The lowest BCUT2D eigenvalue weighted by Crippen LogP contribution is -2.14. The van der Waals surface area contributed by atoms with Crippen molar-refractivity contribution in [2.24, 2.45) is 0 Å². The lowest BCUT2D eigenvalue weighted by molar-refractivity contribution is -0.331. The molecule has 0 aromatic carbocycles. The highest BCUT2D eigenvalue weighted by molar-refractivity contribution is 6.29. The van der Waals surface area contributed by atoms with Gasteiger partial charge in [0, 0.05) is 6.20 Å². The van der Waals surface area contributed by atoms with Crippen molar-refractivity contribution in [2.45, 2.75) is 13.0 Å². The van der Waals surface area contributed by atoms with Crippen molar-refractivity contribution < 1.29 is 17.9 Å². The molecule has 3 nitrogen and oxygen atoms in total. The third-order valence-corrected chi connectivity index (χ3v) is 1.25. The third kappa shape index (κ3) is 4.05. The highest BCUT2D eigenvalue weighted by atomic mass is 35.5. The van der Waals surface area contributed by atoms with Crippen LogP contribution in [0.5, 0.6) is 0 Å². The molecule has 1 rings (SSSR count). The second-order valence-electron chi connectivity index (χ2n) is 2.03. The number of ether oxygens (including phenoxy) is 1. The Kier molecular flexibility index (Phi) is 3.05. The number of alkyl halides is 3. The van der Waals surface area contributed by atoms with E-state index in [9.17, 15) is 13.2 Å². The van der Waals surface area contributed by atoms with Gasteiger partial charge >= 0.3 is 6.36 Å². The van der Waals surface area contributed by atoms with Gasteiger partial charge in [-0.1, -0.05) is 11.6 Å². The Morgan fingerprint density at radius 3 is 2.69 bits per heavy atom. The molecule has 0 atom stereocenters. The SMILES string of the molecule is FC(F)(F)OCc1nccc(Cl)n1. The Morgan fingerprint density at radius 1 is 1.46 bits per heavy atom. The van der Waals surface area contributed by atoms with E-state index in [0.29, 0.717) is 0 Å². The average molecular weight is 213 g/mol. The second kappa shape index (κ2) is 3.89. The zero-order valence-corrected chi connectivity index (χ0v) is 6.93. The Labute approximate surface area is 76.5 Å². The quantitative estimate of drug-likeness (QED) is 0.705. The van der Waals surface area contributed by atoms with E-state index in [2.05, 4.69) is 14.7 Å². The third-order valence-electron chi connectivity index (χ3n) is 1.04. The standard InChI is InChI=1S/C6H4ClF3N2O/c7-4-1-2-11-5(12-4)3-13-6(8,9)10/h1-2H,3H2. The van der Waals surface area contributed by atoms with Crippen LogP contribution in [0, 0.1) is 0 Å². The average Bonchev–Trinajstić information content (AvgIpc) is 2.00. The van der Waals surface area contributed by atoms with Crippen LogP contribution >= 0.6 is 11.6 Å². The summed E-state index contributed by atoms with van der Waals surface area (Å²) in [5.41, 5.74) is 0. The molecule has 0 fully saturated rings. The van der Waals surface area contributed by atoms with Crippen molar-refractivity contribution >= 4 is 11.6 Å². The van der Waals surface area contributed by atoms with Gasteiger partial charge in [0.1, 0.15) is 11.8 Å². The fraction of sp³-hybridized carbons (Fsp3) is 0.333. The number of halogens is 4. The number of aromatic nitrogens is 2. The maximum absolute atomic E-state index is 11.5. The Bertz CT molecular complexity index is 291. The monoisotopic (exact) mass is 212 g/mol. The molecule has 1 aromatic rings. The van der Waals surface area contributed by atoms with Crippen LogP contribution < -0.4 is 0 Å². The fourth-order valence-electron chi connectivity index (χ4n) is 0.590. The largest absolute Gasteiger partial charge is 0.522 e. The lowest BCUT2D eigenvalue weighted by atomic mass is 10.6. The summed E-state index contributed by atoms with van der Waals surface area (Å²) in [5, 5.41) is 0.0794. The minimum absolute atomic E-state index is 0.0794. The van der Waals surface area contributed by atoms with Crippen molar-refractivity contribution in [1.29, 1.82) is 0 Å². The molecule has 1 aromatic heterocycles. The molecule has 0 unspecified atom stereocenters. The molecule has 0 saturated carbocycles. The molecule has 0 amide bonds. The molecule has 0 aliphatic rings. The van der Waals surface area contributed by atoms with Gasteiger partial charge in [0.15, 0.2) is 5.82 Å². The van der Waals surface area contributed by atoms with Crippen LogP contribution in [-0.4, -0.2) is 16.3 Å². The molecule has 7 heteroatoms. The van der Waals surface area contributed by atoms with Gasteiger partial charge in [0.2, 0.25) is 0 Å². The molecule has 0 radical (unpaired) electrons. The van der Waals surface area contributed by atoms with Crippen LogP contribution in [0.1, 0.15) is 5.82 Å². The molecular weight excluding hydrogens is 209 g/mol. The summed E-state index contributed by atoms with van der Waals surface area (Å²) in [6.07, 6.45) is -3.42. The summed E-state index contributed by atoms with van der Waals surface area (Å²) < 4.78 is 38.1. The number of hydrogen-bond acceptors (Lipinski definition) is 3. The van der Waals surface area contributed by atoms with E-state index < -0.39 is 13.0 Å². The highest BCUT2D eigenvalue weighted by Crippen LogP contribution is 2.17. The first-order chi connectivity index (χ1) is 5.97. The normalized spacial score (nSPS) is 11.7. The molecule has 0 aliphatic carbocycles. The van der Waals surface area contributed by atoms with E-state index in [0.717, 1.165) is 0 Å². The molecule has 1 heterocycles. The Hall–Kier alpha value is -0.880. The first kappa shape index (κ1) is 10.2. The smallest absolute Gasteiger partial charge is 0.284 e. The van der Waals surface area contributed by atoms with Gasteiger partial charge in [-0.05, 0) is 6.07 Å². The van der Waals surface area contributed by atoms with Crippen molar-refractivity contribution in [1.82, 2.24) is 9.97 Å². The summed E-state index contributed by atoms with van der Waals surface area (Å²) in [6.45, 7) is -0.732. The molecule has 0 bridgehead atoms. The van der Waals surface area contributed by atoms with Gasteiger partial charge in [-0.3, -0.25) is 4.74 Å². The minimum Gasteiger partial charge on any atom is -0.284 e. The van der Waals surface area contributed by atoms with Gasteiger partial charge in [-0.2, -0.15) is 0 Å². The topological polar surface area (TPSA) is 35.0 Å². The zero-order valence-electron chi connectivity index (χ0n) is 6.18. The van der Waals surface area contributed by atoms with E-state index in [1.165, 1.54) is 12.3 Å². The molecule has 0 saturated heterocycles. The highest BCUT2D eigenvalue weighted by Gasteiger charge is 2.29. The summed E-state index contributed by atoms with van der Waals surface area (Å²) in [6, 6.07) is 1.36. The van der Waals surface area contributed by atoms with Gasteiger partial charge in [0.25, 0.3) is 0 Å². The van der Waals surface area contributed by atoms with Gasteiger partial charge in [-0.25, -0.2) is 9.97 Å². The Balaban J connectivity index is 2.55. The molecule has 0 aliphatic heterocycles. The Morgan fingerprint density at radius 2 is 2.15 bits per heavy atom. The molecule has 0 spiro atoms. The van der Waals surface area contributed by atoms with Crippen LogP contribution in [0.15, 0.2) is 12.3 Å². The van der Waals surface area contributed by atoms with Crippen LogP contribution in [0.2, 0.25) is 5.15 Å². The molecule has 13 heavy (non-hydrogen) atoms. The first-order valence-electron chi connectivity index (χ1n) is 3.15. The first-order valence-corrected chi connectivity index (χ1v) is 3.53. The van der Waals surface area contributed by atoms with E-state index in [1.54, 1.807) is 0 Å². The van der Waals surface area contributed by atoms with E-state index in [1.807, 2.05) is 0 Å². The molecule has 72 valence electrons. The second-order valence-corrected chi connectivity index (χ2v) is 2.42. The van der Waals surface area contributed by atoms with Crippen molar-refractivity contribution in [3.05, 3.63) is 23.2 Å². The zero-order chi connectivity index (χ0) is 9.90. The summed E-state index contributed by atoms with van der Waals surface area (Å²) in [4.78, 5) is 7.03. The van der Waals surface area contributed by atoms with Crippen LogP contribution in [0.4, 0.5) is 13.2 Å². The summed E-state index contributed by atoms with van der Waals surface area (Å²) in [7, 11) is 0. The van der Waals surface area contributed by atoms with Crippen LogP contribution in [0.25, 0.3) is 0 Å². The van der Waals surface area contributed by atoms with Crippen molar-refractivity contribution in [3.63, 3.8) is 0 Å². The van der Waals surface area contributed by atoms with Crippen molar-refractivity contribution in [2.75, 3.05) is 0 Å². The fourth-order valence-corrected chi connectivity index (χ4v) is 0.744. The lowest BCUT2D eigenvalue weighted by Gasteiger charge is -2.05. The van der Waals surface area contributed by atoms with Crippen LogP contribution in [-0.2, 0) is 11.3 Å².